The third-order valence-electron chi connectivity index (χ3n) is 1.54. The first-order valence-electron chi connectivity index (χ1n) is 4.43. The molecule has 0 radical (unpaired) electrons. The third kappa shape index (κ3) is 9.43. The van der Waals surface area contributed by atoms with Gasteiger partial charge in [0.1, 0.15) is 0 Å². The molecule has 0 aromatic heterocycles. The van der Waals surface area contributed by atoms with Crippen molar-refractivity contribution >= 4 is 15.9 Å². The summed E-state index contributed by atoms with van der Waals surface area (Å²) < 4.78 is 21.0. The lowest BCUT2D eigenvalue weighted by Gasteiger charge is -2.03. The van der Waals surface area contributed by atoms with Crippen LogP contribution in [0.25, 0.3) is 0 Å². The second kappa shape index (κ2) is 6.74. The molecule has 0 aromatic rings. The molecule has 0 rings (SSSR count). The average Bonchev–Trinajstić information content (AvgIpc) is 2.07. The zero-order valence-corrected chi connectivity index (χ0v) is 8.85. The Labute approximate surface area is 84.1 Å². The quantitative estimate of drug-likeness (QED) is 0.456. The Morgan fingerprint density at radius 2 is 1.93 bits per heavy atom. The molecule has 0 aliphatic heterocycles. The highest BCUT2D eigenvalue weighted by Gasteiger charge is 2.03. The summed E-state index contributed by atoms with van der Waals surface area (Å²) >= 11 is 0. The number of rotatable bonds is 7. The average molecular weight is 223 g/mol. The van der Waals surface area contributed by atoms with Gasteiger partial charge >= 0.3 is 0 Å². The molecular formula is C7H17N3O3S. The van der Waals surface area contributed by atoms with Crippen molar-refractivity contribution in [2.75, 3.05) is 18.8 Å². The minimum atomic E-state index is -3.41. The molecule has 14 heavy (non-hydrogen) atoms. The number of primary sulfonamides is 1. The Balaban J connectivity index is 3.41. The fraction of sp³-hybridized carbons (Fsp3) is 0.857. The summed E-state index contributed by atoms with van der Waals surface area (Å²) in [5.41, 5.74) is 5.21. The van der Waals surface area contributed by atoms with Crippen molar-refractivity contribution in [3.8, 4) is 0 Å². The summed E-state index contributed by atoms with van der Waals surface area (Å²) in [6, 6.07) is 0. The van der Waals surface area contributed by atoms with Gasteiger partial charge in [0.05, 0.1) is 5.75 Å². The van der Waals surface area contributed by atoms with E-state index in [4.69, 9.17) is 10.9 Å². The standard InChI is InChI=1S/C7H17N3O3S/c8-4-1-3-7(11)10-5-2-6-14(9,12)13/h1-6,8H2,(H,10,11)(H2,9,12,13). The topological polar surface area (TPSA) is 115 Å². The fourth-order valence-corrected chi connectivity index (χ4v) is 1.40. The Morgan fingerprint density at radius 3 is 2.43 bits per heavy atom. The van der Waals surface area contributed by atoms with Gasteiger partial charge in [-0.25, -0.2) is 13.6 Å². The molecule has 0 spiro atoms. The maximum absolute atomic E-state index is 11.0. The normalized spacial score (nSPS) is 11.3. The number of carbonyl (C=O) groups is 1. The maximum atomic E-state index is 11.0. The SMILES string of the molecule is NCCCC(=O)NCCCS(N)(=O)=O. The first kappa shape index (κ1) is 13.3. The van der Waals surface area contributed by atoms with Crippen LogP contribution in [0, 0.1) is 0 Å². The molecule has 0 aliphatic rings. The van der Waals surface area contributed by atoms with Crippen LogP contribution in [0.4, 0.5) is 0 Å². The molecule has 0 bridgehead atoms. The minimum absolute atomic E-state index is 0.107. The van der Waals surface area contributed by atoms with Gasteiger partial charge in [-0.05, 0) is 19.4 Å². The predicted octanol–water partition coefficient (Wildman–Crippen LogP) is -1.48. The number of hydrogen-bond donors (Lipinski definition) is 3. The molecule has 7 heteroatoms. The Kier molecular flexibility index (Phi) is 6.43. The lowest BCUT2D eigenvalue weighted by Crippen LogP contribution is -2.27. The van der Waals surface area contributed by atoms with E-state index in [0.29, 0.717) is 32.4 Å². The van der Waals surface area contributed by atoms with E-state index >= 15 is 0 Å². The molecule has 0 saturated heterocycles. The number of amides is 1. The first-order chi connectivity index (χ1) is 6.45. The number of nitrogens with one attached hydrogen (secondary N) is 1. The maximum Gasteiger partial charge on any atom is 0.220 e. The summed E-state index contributed by atoms with van der Waals surface area (Å²) in [6.45, 7) is 0.810. The largest absolute Gasteiger partial charge is 0.356 e. The van der Waals surface area contributed by atoms with E-state index < -0.39 is 10.0 Å². The van der Waals surface area contributed by atoms with Gasteiger partial charge in [-0.3, -0.25) is 4.79 Å². The van der Waals surface area contributed by atoms with Gasteiger partial charge < -0.3 is 11.1 Å². The number of nitrogens with two attached hydrogens (primary N) is 2. The van der Waals surface area contributed by atoms with Crippen molar-refractivity contribution in [3.63, 3.8) is 0 Å². The van der Waals surface area contributed by atoms with Crippen molar-refractivity contribution in [3.05, 3.63) is 0 Å². The summed E-state index contributed by atoms with van der Waals surface area (Å²) in [4.78, 5) is 11.0. The van der Waals surface area contributed by atoms with Crippen molar-refractivity contribution in [1.29, 1.82) is 0 Å². The van der Waals surface area contributed by atoms with Crippen LogP contribution in [0.15, 0.2) is 0 Å². The van der Waals surface area contributed by atoms with Gasteiger partial charge in [-0.15, -0.1) is 0 Å². The van der Waals surface area contributed by atoms with Crippen molar-refractivity contribution < 1.29 is 13.2 Å². The lowest BCUT2D eigenvalue weighted by molar-refractivity contribution is -0.121. The highest BCUT2D eigenvalue weighted by Crippen LogP contribution is 1.87. The number of sulfonamides is 1. The number of carbonyl (C=O) groups excluding carboxylic acids is 1. The Hall–Kier alpha value is -0.660. The second-order valence-electron chi connectivity index (χ2n) is 2.96. The third-order valence-corrected chi connectivity index (χ3v) is 2.39. The van der Waals surface area contributed by atoms with Gasteiger partial charge in [-0.2, -0.15) is 0 Å². The zero-order chi connectivity index (χ0) is 11.0. The van der Waals surface area contributed by atoms with E-state index in [1.807, 2.05) is 0 Å². The molecule has 0 aromatic carbocycles. The van der Waals surface area contributed by atoms with E-state index in [-0.39, 0.29) is 11.7 Å². The molecule has 1 amide bonds. The molecule has 0 heterocycles. The molecule has 5 N–H and O–H groups in total. The summed E-state index contributed by atoms with van der Waals surface area (Å²) in [5.74, 6) is -0.214. The molecule has 0 saturated carbocycles. The Bertz CT molecular complexity index is 263. The van der Waals surface area contributed by atoms with Gasteiger partial charge in [0.2, 0.25) is 15.9 Å². The fourth-order valence-electron chi connectivity index (χ4n) is 0.852. The van der Waals surface area contributed by atoms with E-state index in [0.717, 1.165) is 0 Å². The molecule has 84 valence electrons. The lowest BCUT2D eigenvalue weighted by atomic mass is 10.3. The summed E-state index contributed by atoms with van der Waals surface area (Å²) in [6.07, 6.45) is 1.36. The van der Waals surface area contributed by atoms with Crippen LogP contribution >= 0.6 is 0 Å². The van der Waals surface area contributed by atoms with Crippen LogP contribution in [0.1, 0.15) is 19.3 Å². The monoisotopic (exact) mass is 223 g/mol. The molecule has 0 unspecified atom stereocenters. The predicted molar refractivity (Wildman–Crippen MR) is 53.9 cm³/mol. The van der Waals surface area contributed by atoms with E-state index in [9.17, 15) is 13.2 Å². The van der Waals surface area contributed by atoms with E-state index in [1.54, 1.807) is 0 Å². The smallest absolute Gasteiger partial charge is 0.220 e. The highest BCUT2D eigenvalue weighted by atomic mass is 32.2. The summed E-state index contributed by atoms with van der Waals surface area (Å²) in [5, 5.41) is 7.35. The van der Waals surface area contributed by atoms with Gasteiger partial charge in [0.25, 0.3) is 0 Å². The molecule has 6 nitrogen and oxygen atoms in total. The minimum Gasteiger partial charge on any atom is -0.356 e. The van der Waals surface area contributed by atoms with Gasteiger partial charge in [0.15, 0.2) is 0 Å². The molecular weight excluding hydrogens is 206 g/mol. The molecule has 0 fully saturated rings. The second-order valence-corrected chi connectivity index (χ2v) is 4.70. The van der Waals surface area contributed by atoms with Crippen LogP contribution in [0.2, 0.25) is 0 Å². The molecule has 0 aliphatic carbocycles. The van der Waals surface area contributed by atoms with Crippen molar-refractivity contribution in [2.24, 2.45) is 10.9 Å². The molecule has 0 atom stereocenters. The van der Waals surface area contributed by atoms with Gasteiger partial charge in [-0.1, -0.05) is 0 Å². The van der Waals surface area contributed by atoms with Crippen LogP contribution in [-0.4, -0.2) is 33.2 Å². The van der Waals surface area contributed by atoms with Crippen LogP contribution in [-0.2, 0) is 14.8 Å². The zero-order valence-electron chi connectivity index (χ0n) is 8.03. The number of hydrogen-bond acceptors (Lipinski definition) is 4. The Morgan fingerprint density at radius 1 is 1.29 bits per heavy atom. The van der Waals surface area contributed by atoms with Crippen LogP contribution < -0.4 is 16.2 Å². The van der Waals surface area contributed by atoms with Crippen molar-refractivity contribution in [2.45, 2.75) is 19.3 Å². The van der Waals surface area contributed by atoms with Crippen LogP contribution in [0.3, 0.4) is 0 Å². The van der Waals surface area contributed by atoms with Crippen molar-refractivity contribution in [1.82, 2.24) is 5.32 Å². The summed E-state index contributed by atoms with van der Waals surface area (Å²) in [7, 11) is -3.41. The highest BCUT2D eigenvalue weighted by molar-refractivity contribution is 7.89. The van der Waals surface area contributed by atoms with Gasteiger partial charge in [0, 0.05) is 13.0 Å². The van der Waals surface area contributed by atoms with E-state index in [1.165, 1.54) is 0 Å². The van der Waals surface area contributed by atoms with Crippen LogP contribution in [0.5, 0.6) is 0 Å². The van der Waals surface area contributed by atoms with E-state index in [2.05, 4.69) is 5.32 Å². The first-order valence-corrected chi connectivity index (χ1v) is 6.14.